The average Bonchev–Trinajstić information content (AvgIpc) is 3.01. The van der Waals surface area contributed by atoms with Crippen LogP contribution in [-0.2, 0) is 6.54 Å². The van der Waals surface area contributed by atoms with E-state index >= 15 is 0 Å². The van der Waals surface area contributed by atoms with E-state index in [1.807, 2.05) is 26.0 Å². The summed E-state index contributed by atoms with van der Waals surface area (Å²) in [7, 11) is 0. The van der Waals surface area contributed by atoms with E-state index in [1.54, 1.807) is 6.07 Å². The molecule has 3 rings (SSSR count). The molecule has 1 unspecified atom stereocenters. The van der Waals surface area contributed by atoms with Crippen LogP contribution in [0.1, 0.15) is 35.6 Å². The first-order valence-electron chi connectivity index (χ1n) is 6.96. The Hall–Kier alpha value is -2.14. The highest BCUT2D eigenvalue weighted by atomic mass is 16.7. The Labute approximate surface area is 123 Å². The largest absolute Gasteiger partial charge is 0.507 e. The molecule has 1 aromatic carbocycles. The normalized spacial score (nSPS) is 14.4. The van der Waals surface area contributed by atoms with Gasteiger partial charge in [-0.3, -0.25) is 0 Å². The van der Waals surface area contributed by atoms with Gasteiger partial charge in [0, 0.05) is 29.8 Å². The molecule has 0 radical (unpaired) electrons. The summed E-state index contributed by atoms with van der Waals surface area (Å²) < 4.78 is 16.1. The summed E-state index contributed by atoms with van der Waals surface area (Å²) in [5.74, 6) is 3.29. The van der Waals surface area contributed by atoms with Crippen LogP contribution < -0.4 is 14.8 Å². The molecule has 0 aliphatic carbocycles. The first-order valence-corrected chi connectivity index (χ1v) is 6.96. The summed E-state index contributed by atoms with van der Waals surface area (Å²) >= 11 is 0. The number of nitrogens with one attached hydrogen (secondary N) is 1. The molecule has 2 aromatic rings. The van der Waals surface area contributed by atoms with Crippen molar-refractivity contribution in [3.8, 4) is 17.2 Å². The van der Waals surface area contributed by atoms with E-state index < -0.39 is 0 Å². The van der Waals surface area contributed by atoms with E-state index in [2.05, 4.69) is 12.2 Å². The number of benzene rings is 1. The summed E-state index contributed by atoms with van der Waals surface area (Å²) in [4.78, 5) is 0. The molecule has 21 heavy (non-hydrogen) atoms. The molecule has 0 amide bonds. The highest BCUT2D eigenvalue weighted by molar-refractivity contribution is 5.51. The summed E-state index contributed by atoms with van der Waals surface area (Å²) in [6, 6.07) is 5.57. The minimum Gasteiger partial charge on any atom is -0.507 e. The number of ether oxygens (including phenoxy) is 2. The fourth-order valence-corrected chi connectivity index (χ4v) is 2.57. The van der Waals surface area contributed by atoms with Crippen LogP contribution in [-0.4, -0.2) is 11.9 Å². The van der Waals surface area contributed by atoms with E-state index in [-0.39, 0.29) is 18.6 Å². The second kappa shape index (κ2) is 5.33. The number of hydrogen-bond acceptors (Lipinski definition) is 5. The van der Waals surface area contributed by atoms with Crippen LogP contribution in [0.2, 0.25) is 0 Å². The lowest BCUT2D eigenvalue weighted by Crippen LogP contribution is -2.18. The van der Waals surface area contributed by atoms with Crippen molar-refractivity contribution in [2.75, 3.05) is 6.79 Å². The van der Waals surface area contributed by atoms with Crippen molar-refractivity contribution >= 4 is 0 Å². The number of aromatic hydroxyl groups is 1. The molecule has 2 N–H and O–H groups in total. The number of fused-ring (bicyclic) bond motifs is 1. The first kappa shape index (κ1) is 13.8. The summed E-state index contributed by atoms with van der Waals surface area (Å²) in [5.41, 5.74) is 1.91. The van der Waals surface area contributed by atoms with E-state index in [1.165, 1.54) is 0 Å². The van der Waals surface area contributed by atoms with Gasteiger partial charge in [-0.15, -0.1) is 0 Å². The molecule has 2 heterocycles. The average molecular weight is 289 g/mol. The Balaban J connectivity index is 1.72. The molecular formula is C16H19NO4. The van der Waals surface area contributed by atoms with Crippen LogP contribution in [0.5, 0.6) is 17.2 Å². The van der Waals surface area contributed by atoms with Gasteiger partial charge >= 0.3 is 0 Å². The Bertz CT molecular complexity index is 663. The van der Waals surface area contributed by atoms with Crippen molar-refractivity contribution in [3.05, 3.63) is 40.8 Å². The van der Waals surface area contributed by atoms with Gasteiger partial charge in [0.25, 0.3) is 0 Å². The maximum atomic E-state index is 10.0. The van der Waals surface area contributed by atoms with Gasteiger partial charge in [0.05, 0.1) is 0 Å². The van der Waals surface area contributed by atoms with E-state index in [0.29, 0.717) is 18.0 Å². The van der Waals surface area contributed by atoms with Crippen LogP contribution in [0.15, 0.2) is 22.6 Å². The molecule has 5 nitrogen and oxygen atoms in total. The third-order valence-corrected chi connectivity index (χ3v) is 3.72. The van der Waals surface area contributed by atoms with Gasteiger partial charge in [0.2, 0.25) is 6.79 Å². The van der Waals surface area contributed by atoms with Gasteiger partial charge in [-0.2, -0.15) is 0 Å². The predicted molar refractivity (Wildman–Crippen MR) is 77.7 cm³/mol. The number of phenolic OH excluding ortho intramolecular Hbond substituents is 1. The monoisotopic (exact) mass is 289 g/mol. The quantitative estimate of drug-likeness (QED) is 0.905. The number of aryl methyl sites for hydroxylation is 2. The molecule has 0 fully saturated rings. The van der Waals surface area contributed by atoms with Crippen molar-refractivity contribution in [2.24, 2.45) is 0 Å². The molecule has 0 bridgehead atoms. The lowest BCUT2D eigenvalue weighted by atomic mass is 10.1. The van der Waals surface area contributed by atoms with Crippen molar-refractivity contribution in [2.45, 2.75) is 33.4 Å². The Morgan fingerprint density at radius 2 is 1.90 bits per heavy atom. The SMILES string of the molecule is Cc1cc(C(C)NCc2cc3c(cc2O)OCO3)c(C)o1. The molecule has 1 aromatic heterocycles. The standard InChI is InChI=1S/C16H19NO4/c1-9-4-13(11(3)21-9)10(2)17-7-12-5-15-16(6-14(12)18)20-8-19-15/h4-6,10,17-18H,7-8H2,1-3H3. The summed E-state index contributed by atoms with van der Waals surface area (Å²) in [6.45, 7) is 6.70. The van der Waals surface area contributed by atoms with Gasteiger partial charge in [-0.25, -0.2) is 0 Å². The molecule has 0 saturated heterocycles. The van der Waals surface area contributed by atoms with Crippen LogP contribution in [0.4, 0.5) is 0 Å². The third-order valence-electron chi connectivity index (χ3n) is 3.72. The molecule has 112 valence electrons. The van der Waals surface area contributed by atoms with E-state index in [0.717, 1.165) is 22.6 Å². The Morgan fingerprint density at radius 3 is 2.57 bits per heavy atom. The maximum Gasteiger partial charge on any atom is 0.231 e. The van der Waals surface area contributed by atoms with Gasteiger partial charge in [0.1, 0.15) is 17.3 Å². The fourth-order valence-electron chi connectivity index (χ4n) is 2.57. The third kappa shape index (κ3) is 2.69. The van der Waals surface area contributed by atoms with Crippen molar-refractivity contribution < 1.29 is 19.0 Å². The Morgan fingerprint density at radius 1 is 1.19 bits per heavy atom. The first-order chi connectivity index (χ1) is 10.0. The predicted octanol–water partition coefficient (Wildman–Crippen LogP) is 3.18. The van der Waals surface area contributed by atoms with E-state index in [9.17, 15) is 5.11 Å². The minimum atomic E-state index is 0.132. The van der Waals surface area contributed by atoms with Gasteiger partial charge in [-0.05, 0) is 32.9 Å². The molecule has 5 heteroatoms. The zero-order valence-corrected chi connectivity index (χ0v) is 12.4. The van der Waals surface area contributed by atoms with Crippen LogP contribution in [0.3, 0.4) is 0 Å². The molecule has 0 saturated carbocycles. The van der Waals surface area contributed by atoms with Gasteiger partial charge < -0.3 is 24.3 Å². The van der Waals surface area contributed by atoms with Gasteiger partial charge in [-0.1, -0.05) is 0 Å². The van der Waals surface area contributed by atoms with Crippen LogP contribution >= 0.6 is 0 Å². The molecular weight excluding hydrogens is 270 g/mol. The maximum absolute atomic E-state index is 10.0. The Kier molecular flexibility index (Phi) is 3.51. The minimum absolute atomic E-state index is 0.132. The zero-order valence-electron chi connectivity index (χ0n) is 12.4. The van der Waals surface area contributed by atoms with Gasteiger partial charge in [0.15, 0.2) is 11.5 Å². The summed E-state index contributed by atoms with van der Waals surface area (Å²) in [5, 5.41) is 13.4. The van der Waals surface area contributed by atoms with Crippen molar-refractivity contribution in [1.82, 2.24) is 5.32 Å². The number of hydrogen-bond donors (Lipinski definition) is 2. The zero-order chi connectivity index (χ0) is 15.0. The number of phenols is 1. The molecule has 1 atom stereocenters. The lowest BCUT2D eigenvalue weighted by Gasteiger charge is -2.14. The van der Waals surface area contributed by atoms with Crippen molar-refractivity contribution in [1.29, 1.82) is 0 Å². The second-order valence-electron chi connectivity index (χ2n) is 5.31. The molecule has 1 aliphatic heterocycles. The van der Waals surface area contributed by atoms with Crippen LogP contribution in [0, 0.1) is 13.8 Å². The molecule has 0 spiro atoms. The topological polar surface area (TPSA) is 63.9 Å². The highest BCUT2D eigenvalue weighted by Crippen LogP contribution is 2.37. The number of rotatable bonds is 4. The molecule has 1 aliphatic rings. The smallest absolute Gasteiger partial charge is 0.231 e. The summed E-state index contributed by atoms with van der Waals surface area (Å²) in [6.07, 6.45) is 0. The number of furan rings is 1. The second-order valence-corrected chi connectivity index (χ2v) is 5.31. The lowest BCUT2D eigenvalue weighted by molar-refractivity contribution is 0.174. The highest BCUT2D eigenvalue weighted by Gasteiger charge is 2.18. The van der Waals surface area contributed by atoms with Crippen molar-refractivity contribution in [3.63, 3.8) is 0 Å². The van der Waals surface area contributed by atoms with E-state index in [4.69, 9.17) is 13.9 Å². The fraction of sp³-hybridized carbons (Fsp3) is 0.375. The van der Waals surface area contributed by atoms with Crippen LogP contribution in [0.25, 0.3) is 0 Å².